The lowest BCUT2D eigenvalue weighted by Gasteiger charge is -2.28. The summed E-state index contributed by atoms with van der Waals surface area (Å²) in [6, 6.07) is 6.76. The SMILES string of the molecule is CO[C@@]12CN(C(=O)c3cc(OCC4CCOCC4)nc(C4CC4)c3)C[C@H]1CN(C(=O)c1ccc([S+](N)[O-])cn1)C2. The zero-order valence-corrected chi connectivity index (χ0v) is 23.4. The summed E-state index contributed by atoms with van der Waals surface area (Å²) in [6.45, 7) is 3.75. The van der Waals surface area contributed by atoms with Crippen molar-refractivity contribution in [3.8, 4) is 5.88 Å². The van der Waals surface area contributed by atoms with E-state index in [9.17, 15) is 14.1 Å². The Bertz CT molecular complexity index is 1250. The molecule has 0 spiro atoms. The summed E-state index contributed by atoms with van der Waals surface area (Å²) in [6.07, 6.45) is 5.46. The number of likely N-dealkylation sites (tertiary alicyclic amines) is 2. The molecule has 0 radical (unpaired) electrons. The number of carbonyl (C=O) groups is 2. The summed E-state index contributed by atoms with van der Waals surface area (Å²) in [7, 11) is 1.64. The second kappa shape index (κ2) is 11.2. The van der Waals surface area contributed by atoms with Crippen LogP contribution in [0, 0.1) is 11.8 Å². The van der Waals surface area contributed by atoms with Crippen molar-refractivity contribution in [3.63, 3.8) is 0 Å². The second-order valence-electron chi connectivity index (χ2n) is 11.3. The van der Waals surface area contributed by atoms with Gasteiger partial charge in [-0.3, -0.25) is 9.59 Å². The van der Waals surface area contributed by atoms with Gasteiger partial charge < -0.3 is 28.6 Å². The van der Waals surface area contributed by atoms with Crippen LogP contribution < -0.4 is 9.88 Å². The van der Waals surface area contributed by atoms with E-state index >= 15 is 0 Å². The largest absolute Gasteiger partial charge is 0.593 e. The minimum absolute atomic E-state index is 0.0322. The highest BCUT2D eigenvalue weighted by atomic mass is 32.2. The number of hydrogen-bond acceptors (Lipinski definition) is 9. The maximum atomic E-state index is 13.8. The first kappa shape index (κ1) is 27.4. The first-order valence-corrected chi connectivity index (χ1v) is 15.0. The van der Waals surface area contributed by atoms with E-state index < -0.39 is 17.0 Å². The standard InChI is InChI=1S/C28H35N5O6S/c1-37-28-16-32(13-21(28)14-33(17-28)27(35)23-5-4-22(12-30-23)40(29)36)26(34)20-10-24(19-2-3-19)31-25(11-20)39-15-18-6-8-38-9-7-18/h4-5,10-12,18-19,21H,2-3,6-9,13-17,29H2,1H3/t21-,28+,40?/m0/s1. The molecule has 5 heterocycles. The maximum absolute atomic E-state index is 13.8. The highest BCUT2D eigenvalue weighted by Gasteiger charge is 2.55. The number of hydrogen-bond donors (Lipinski definition) is 1. The van der Waals surface area contributed by atoms with Gasteiger partial charge in [-0.1, -0.05) is 0 Å². The van der Waals surface area contributed by atoms with Crippen molar-refractivity contribution >= 4 is 23.2 Å². The number of nitrogens with zero attached hydrogens (tertiary/aromatic N) is 4. The number of fused-ring (bicyclic) bond motifs is 1. The second-order valence-corrected chi connectivity index (χ2v) is 12.3. The molecule has 0 aromatic carbocycles. The molecule has 2 N–H and O–H groups in total. The van der Waals surface area contributed by atoms with Crippen LogP contribution in [0.15, 0.2) is 35.4 Å². The Labute approximate surface area is 236 Å². The first-order valence-electron chi connectivity index (χ1n) is 13.8. The molecule has 40 heavy (non-hydrogen) atoms. The van der Waals surface area contributed by atoms with E-state index in [4.69, 9.17) is 24.3 Å². The zero-order chi connectivity index (χ0) is 27.9. The number of rotatable bonds is 8. The van der Waals surface area contributed by atoms with Crippen LogP contribution in [0.1, 0.15) is 58.1 Å². The lowest BCUT2D eigenvalue weighted by Crippen LogP contribution is -2.44. The smallest absolute Gasteiger partial charge is 0.272 e. The Kier molecular flexibility index (Phi) is 7.71. The highest BCUT2D eigenvalue weighted by molar-refractivity contribution is 7.89. The molecule has 1 aliphatic carbocycles. The molecule has 3 atom stereocenters. The van der Waals surface area contributed by atoms with Gasteiger partial charge >= 0.3 is 0 Å². The van der Waals surface area contributed by atoms with E-state index in [1.54, 1.807) is 24.1 Å². The molecule has 1 saturated carbocycles. The van der Waals surface area contributed by atoms with E-state index in [0.29, 0.717) is 61.0 Å². The van der Waals surface area contributed by atoms with Gasteiger partial charge in [-0.2, -0.15) is 0 Å². The van der Waals surface area contributed by atoms with Crippen LogP contribution in [0.5, 0.6) is 5.88 Å². The van der Waals surface area contributed by atoms with Crippen molar-refractivity contribution in [2.24, 2.45) is 17.0 Å². The van der Waals surface area contributed by atoms with E-state index in [2.05, 4.69) is 4.98 Å². The van der Waals surface area contributed by atoms with Gasteiger partial charge in [0.15, 0.2) is 4.90 Å². The van der Waals surface area contributed by atoms with Crippen molar-refractivity contribution in [3.05, 3.63) is 47.4 Å². The van der Waals surface area contributed by atoms with Crippen molar-refractivity contribution in [1.82, 2.24) is 19.8 Å². The van der Waals surface area contributed by atoms with Crippen LogP contribution in [-0.4, -0.2) is 94.8 Å². The van der Waals surface area contributed by atoms with Crippen LogP contribution in [-0.2, 0) is 20.8 Å². The average molecular weight is 570 g/mol. The summed E-state index contributed by atoms with van der Waals surface area (Å²) in [5.74, 6) is 0.989. The number of aromatic nitrogens is 2. The average Bonchev–Trinajstić information content (AvgIpc) is 3.69. The van der Waals surface area contributed by atoms with Gasteiger partial charge in [-0.05, 0) is 49.8 Å². The summed E-state index contributed by atoms with van der Waals surface area (Å²) in [5, 5.41) is 5.39. The minimum Gasteiger partial charge on any atom is -0.593 e. The number of methoxy groups -OCH3 is 1. The van der Waals surface area contributed by atoms with Gasteiger partial charge in [0.1, 0.15) is 11.3 Å². The molecule has 214 valence electrons. The van der Waals surface area contributed by atoms with Crippen LogP contribution in [0.3, 0.4) is 0 Å². The molecule has 3 saturated heterocycles. The number of amides is 2. The van der Waals surface area contributed by atoms with Crippen LogP contribution in [0.2, 0.25) is 0 Å². The van der Waals surface area contributed by atoms with Crippen molar-refractivity contribution in [1.29, 1.82) is 0 Å². The number of pyridine rings is 2. The summed E-state index contributed by atoms with van der Waals surface area (Å²) in [4.78, 5) is 39.7. The van der Waals surface area contributed by atoms with Crippen molar-refractivity contribution < 1.29 is 28.4 Å². The molecule has 4 aliphatic rings. The predicted molar refractivity (Wildman–Crippen MR) is 145 cm³/mol. The first-order chi connectivity index (χ1) is 19.3. The molecule has 1 unspecified atom stereocenters. The van der Waals surface area contributed by atoms with Gasteiger partial charge in [0.25, 0.3) is 11.8 Å². The third-order valence-corrected chi connectivity index (χ3v) is 9.29. The quantitative estimate of drug-likeness (QED) is 0.470. The van der Waals surface area contributed by atoms with E-state index in [-0.39, 0.29) is 23.4 Å². The molecule has 11 nitrogen and oxygen atoms in total. The fourth-order valence-corrected chi connectivity index (χ4v) is 6.37. The van der Waals surface area contributed by atoms with Crippen LogP contribution in [0.25, 0.3) is 0 Å². The molecular formula is C28H35N5O6S. The third-order valence-electron chi connectivity index (χ3n) is 8.58. The maximum Gasteiger partial charge on any atom is 0.272 e. The Morgan fingerprint density at radius 2 is 1.85 bits per heavy atom. The normalized spacial score (nSPS) is 25.6. The fraction of sp³-hybridized carbons (Fsp3) is 0.571. The third kappa shape index (κ3) is 5.55. The molecule has 4 fully saturated rings. The molecule has 2 amide bonds. The van der Waals surface area contributed by atoms with Gasteiger partial charge in [-0.15, -0.1) is 5.14 Å². The molecule has 2 aromatic rings. The lowest BCUT2D eigenvalue weighted by molar-refractivity contribution is -0.0111. The molecule has 2 aromatic heterocycles. The van der Waals surface area contributed by atoms with Gasteiger partial charge in [-0.25, -0.2) is 9.97 Å². The molecule has 0 bridgehead atoms. The fourth-order valence-electron chi connectivity index (χ4n) is 6.01. The van der Waals surface area contributed by atoms with Gasteiger partial charge in [0, 0.05) is 62.6 Å². The van der Waals surface area contributed by atoms with Gasteiger partial charge in [0.05, 0.1) is 37.3 Å². The van der Waals surface area contributed by atoms with E-state index in [1.165, 1.54) is 12.3 Å². The monoisotopic (exact) mass is 569 g/mol. The van der Waals surface area contributed by atoms with Crippen LogP contribution in [0.4, 0.5) is 0 Å². The summed E-state index contributed by atoms with van der Waals surface area (Å²) < 4.78 is 29.0. The van der Waals surface area contributed by atoms with Crippen molar-refractivity contribution in [2.45, 2.75) is 42.1 Å². The van der Waals surface area contributed by atoms with Gasteiger partial charge in [0.2, 0.25) is 5.88 Å². The summed E-state index contributed by atoms with van der Waals surface area (Å²) in [5.41, 5.74) is 1.10. The Balaban J connectivity index is 1.14. The highest BCUT2D eigenvalue weighted by Crippen LogP contribution is 2.41. The molecular weight excluding hydrogens is 534 g/mol. The molecule has 3 aliphatic heterocycles. The zero-order valence-electron chi connectivity index (χ0n) is 22.6. The van der Waals surface area contributed by atoms with E-state index in [0.717, 1.165) is 44.6 Å². The van der Waals surface area contributed by atoms with E-state index in [1.807, 2.05) is 11.0 Å². The van der Waals surface area contributed by atoms with Crippen LogP contribution >= 0.6 is 0 Å². The molecule has 6 rings (SSSR count). The lowest BCUT2D eigenvalue weighted by atomic mass is 9.95. The molecule has 12 heteroatoms. The Morgan fingerprint density at radius 1 is 1.12 bits per heavy atom. The number of nitrogens with two attached hydrogens (primary N) is 1. The van der Waals surface area contributed by atoms with Crippen molar-refractivity contribution in [2.75, 3.05) is 53.1 Å². The number of carbonyl (C=O) groups excluding carboxylic acids is 2. The minimum atomic E-state index is -1.66. The topological polar surface area (TPSA) is 143 Å². The summed E-state index contributed by atoms with van der Waals surface area (Å²) >= 11 is -1.66. The predicted octanol–water partition coefficient (Wildman–Crippen LogP) is 1.75. The Morgan fingerprint density at radius 3 is 2.45 bits per heavy atom. The number of ether oxygens (including phenoxy) is 3. The Hall–Kier alpha value is -2.77.